The van der Waals surface area contributed by atoms with Gasteiger partial charge in [0.15, 0.2) is 17.3 Å². The van der Waals surface area contributed by atoms with Crippen molar-refractivity contribution >= 4 is 44.9 Å². The van der Waals surface area contributed by atoms with Crippen molar-refractivity contribution in [2.24, 2.45) is 0 Å². The Bertz CT molecular complexity index is 1290. The van der Waals surface area contributed by atoms with E-state index >= 15 is 0 Å². The molecule has 0 aliphatic heterocycles. The fraction of sp³-hybridized carbons (Fsp3) is 0.158. The first-order valence-electron chi connectivity index (χ1n) is 8.71. The lowest BCUT2D eigenvalue weighted by atomic mass is 10.2. The van der Waals surface area contributed by atoms with Crippen LogP contribution < -0.4 is 9.64 Å². The van der Waals surface area contributed by atoms with E-state index in [1.807, 2.05) is 0 Å². The fourth-order valence-corrected chi connectivity index (χ4v) is 4.00. The third-order valence-corrected chi connectivity index (χ3v) is 5.54. The Kier molecular flexibility index (Phi) is 5.31. The first kappa shape index (κ1) is 21.1. The number of hydrogen-bond donors (Lipinski definition) is 0. The van der Waals surface area contributed by atoms with E-state index in [4.69, 9.17) is 16.3 Å². The van der Waals surface area contributed by atoms with E-state index in [0.717, 1.165) is 25.8 Å². The summed E-state index contributed by atoms with van der Waals surface area (Å²) in [5, 5.41) is 4.16. The highest BCUT2D eigenvalue weighted by molar-refractivity contribution is 7.13. The summed E-state index contributed by atoms with van der Waals surface area (Å²) in [6, 6.07) is 8.90. The SMILES string of the molecule is COc1cccc2snc(N(C)C(=O)c3cc(C(F)(F)F)nn3-c3ncccc3Cl)c12. The van der Waals surface area contributed by atoms with E-state index in [2.05, 4.69) is 14.5 Å². The standard InChI is InChI=1S/C19H13ClF3N5O2S/c1-27(17-15-12(30-2)6-3-7-13(15)31-26-17)18(29)11-9-14(19(21,22)23)25-28(11)16-10(20)5-4-8-24-16/h3-9H,1-2H3. The van der Waals surface area contributed by atoms with Crippen molar-refractivity contribution in [1.82, 2.24) is 19.1 Å². The maximum atomic E-state index is 13.4. The molecule has 3 heterocycles. The van der Waals surface area contributed by atoms with Crippen LogP contribution in [0.15, 0.2) is 42.6 Å². The van der Waals surface area contributed by atoms with Crippen LogP contribution in [0.25, 0.3) is 15.9 Å². The molecule has 160 valence electrons. The molecule has 12 heteroatoms. The Hall–Kier alpha value is -3.18. The van der Waals surface area contributed by atoms with Gasteiger partial charge in [0.25, 0.3) is 5.91 Å². The number of nitrogens with zero attached hydrogens (tertiary/aromatic N) is 5. The predicted molar refractivity (Wildman–Crippen MR) is 110 cm³/mol. The molecule has 4 rings (SSSR count). The quantitative estimate of drug-likeness (QED) is 0.429. The van der Waals surface area contributed by atoms with Crippen LogP contribution >= 0.6 is 23.1 Å². The van der Waals surface area contributed by atoms with Crippen LogP contribution in [0, 0.1) is 0 Å². The average Bonchev–Trinajstić information content (AvgIpc) is 3.37. The van der Waals surface area contributed by atoms with Crippen molar-refractivity contribution in [2.45, 2.75) is 6.18 Å². The van der Waals surface area contributed by atoms with Crippen molar-refractivity contribution in [3.63, 3.8) is 0 Å². The van der Waals surface area contributed by atoms with Gasteiger partial charge in [-0.2, -0.15) is 22.6 Å². The second kappa shape index (κ2) is 7.82. The van der Waals surface area contributed by atoms with Crippen LogP contribution in [0.1, 0.15) is 16.2 Å². The summed E-state index contributed by atoms with van der Waals surface area (Å²) >= 11 is 7.24. The molecule has 0 N–H and O–H groups in total. The summed E-state index contributed by atoms with van der Waals surface area (Å²) in [5.41, 5.74) is -1.61. The van der Waals surface area contributed by atoms with Gasteiger partial charge in [0.05, 0.1) is 22.2 Å². The van der Waals surface area contributed by atoms with Gasteiger partial charge in [-0.3, -0.25) is 9.69 Å². The van der Waals surface area contributed by atoms with Gasteiger partial charge in [0.2, 0.25) is 0 Å². The van der Waals surface area contributed by atoms with Gasteiger partial charge in [-0.15, -0.1) is 0 Å². The summed E-state index contributed by atoms with van der Waals surface area (Å²) < 4.78 is 51.3. The molecule has 0 bridgehead atoms. The molecule has 1 aromatic carbocycles. The molecule has 0 fully saturated rings. The van der Waals surface area contributed by atoms with Crippen LogP contribution in [-0.2, 0) is 6.18 Å². The van der Waals surface area contributed by atoms with Gasteiger partial charge >= 0.3 is 6.18 Å². The van der Waals surface area contributed by atoms with Gasteiger partial charge in [0.1, 0.15) is 11.4 Å². The van der Waals surface area contributed by atoms with E-state index in [1.165, 1.54) is 32.5 Å². The highest BCUT2D eigenvalue weighted by Gasteiger charge is 2.37. The van der Waals surface area contributed by atoms with Crippen molar-refractivity contribution in [2.75, 3.05) is 19.1 Å². The second-order valence-corrected chi connectivity index (χ2v) is 7.55. The highest BCUT2D eigenvalue weighted by atomic mass is 35.5. The van der Waals surface area contributed by atoms with Crippen molar-refractivity contribution in [3.05, 3.63) is 59.0 Å². The van der Waals surface area contributed by atoms with Crippen LogP contribution in [0.2, 0.25) is 5.02 Å². The number of anilines is 1. The summed E-state index contributed by atoms with van der Waals surface area (Å²) in [7, 11) is 2.89. The summed E-state index contributed by atoms with van der Waals surface area (Å²) in [6.45, 7) is 0. The molecule has 3 aromatic heterocycles. The van der Waals surface area contributed by atoms with Gasteiger partial charge in [-0.1, -0.05) is 17.7 Å². The normalized spacial score (nSPS) is 11.7. The number of amides is 1. The molecule has 4 aromatic rings. The van der Waals surface area contributed by atoms with E-state index in [9.17, 15) is 18.0 Å². The Balaban J connectivity index is 1.85. The molecule has 0 saturated heterocycles. The Labute approximate surface area is 182 Å². The number of halogens is 4. The lowest BCUT2D eigenvalue weighted by Crippen LogP contribution is -2.29. The van der Waals surface area contributed by atoms with Gasteiger partial charge in [0, 0.05) is 19.3 Å². The smallest absolute Gasteiger partial charge is 0.435 e. The number of rotatable bonds is 4. The zero-order valence-corrected chi connectivity index (χ0v) is 17.6. The molecule has 0 spiro atoms. The molecule has 31 heavy (non-hydrogen) atoms. The predicted octanol–water partition coefficient (Wildman–Crippen LogP) is 4.83. The van der Waals surface area contributed by atoms with Crippen LogP contribution in [0.4, 0.5) is 19.0 Å². The maximum Gasteiger partial charge on any atom is 0.435 e. The summed E-state index contributed by atoms with van der Waals surface area (Å²) in [5.74, 6) is -0.144. The minimum Gasteiger partial charge on any atom is -0.496 e. The van der Waals surface area contributed by atoms with Crippen LogP contribution in [-0.4, -0.2) is 39.2 Å². The molecule has 0 saturated carbocycles. The minimum absolute atomic E-state index is 0.0387. The zero-order valence-electron chi connectivity index (χ0n) is 16.0. The Morgan fingerprint density at radius 3 is 2.71 bits per heavy atom. The number of aromatic nitrogens is 4. The number of alkyl halides is 3. The molecule has 1 amide bonds. The summed E-state index contributed by atoms with van der Waals surface area (Å²) in [6.07, 6.45) is -3.43. The second-order valence-electron chi connectivity index (χ2n) is 6.34. The van der Waals surface area contributed by atoms with Crippen molar-refractivity contribution in [1.29, 1.82) is 0 Å². The third kappa shape index (κ3) is 3.70. The zero-order chi connectivity index (χ0) is 22.3. The number of methoxy groups -OCH3 is 1. The molecule has 7 nitrogen and oxygen atoms in total. The average molecular weight is 468 g/mol. The van der Waals surface area contributed by atoms with Crippen LogP contribution in [0.5, 0.6) is 5.75 Å². The monoisotopic (exact) mass is 467 g/mol. The number of carbonyl (C=O) groups excluding carboxylic acids is 1. The topological polar surface area (TPSA) is 73.1 Å². The third-order valence-electron chi connectivity index (χ3n) is 4.44. The molecular weight excluding hydrogens is 455 g/mol. The first-order chi connectivity index (χ1) is 14.7. The molecule has 0 aliphatic rings. The number of hydrogen-bond acceptors (Lipinski definition) is 6. The number of benzene rings is 1. The van der Waals surface area contributed by atoms with E-state index in [1.54, 1.807) is 18.2 Å². The lowest BCUT2D eigenvalue weighted by Gasteiger charge is -2.16. The Morgan fingerprint density at radius 2 is 2.03 bits per heavy atom. The maximum absolute atomic E-state index is 13.4. The van der Waals surface area contributed by atoms with E-state index in [-0.39, 0.29) is 22.4 Å². The van der Waals surface area contributed by atoms with Gasteiger partial charge in [-0.25, -0.2) is 9.67 Å². The number of pyridine rings is 1. The Morgan fingerprint density at radius 1 is 1.26 bits per heavy atom. The molecule has 0 aliphatic carbocycles. The van der Waals surface area contributed by atoms with E-state index in [0.29, 0.717) is 17.2 Å². The van der Waals surface area contributed by atoms with Crippen LogP contribution in [0.3, 0.4) is 0 Å². The lowest BCUT2D eigenvalue weighted by molar-refractivity contribution is -0.141. The number of fused-ring (bicyclic) bond motifs is 1. The largest absolute Gasteiger partial charge is 0.496 e. The van der Waals surface area contributed by atoms with Crippen molar-refractivity contribution in [3.8, 4) is 11.6 Å². The number of carbonyl (C=O) groups is 1. The minimum atomic E-state index is -4.77. The first-order valence-corrected chi connectivity index (χ1v) is 9.86. The molecular formula is C19H13ClF3N5O2S. The van der Waals surface area contributed by atoms with Gasteiger partial charge < -0.3 is 4.74 Å². The van der Waals surface area contributed by atoms with Crippen molar-refractivity contribution < 1.29 is 22.7 Å². The van der Waals surface area contributed by atoms with E-state index < -0.39 is 17.8 Å². The highest BCUT2D eigenvalue weighted by Crippen LogP contribution is 2.37. The van der Waals surface area contributed by atoms with Gasteiger partial charge in [-0.05, 0) is 35.8 Å². The molecule has 0 radical (unpaired) electrons. The fourth-order valence-electron chi connectivity index (χ4n) is 2.98. The molecule has 0 atom stereocenters. The number of ether oxygens (including phenoxy) is 1. The summed E-state index contributed by atoms with van der Waals surface area (Å²) in [4.78, 5) is 18.4. The molecule has 0 unspecified atom stereocenters.